The first-order valence-corrected chi connectivity index (χ1v) is 10.1. The number of carbonyl (C=O) groups is 1. The summed E-state index contributed by atoms with van der Waals surface area (Å²) >= 11 is 0. The highest BCUT2D eigenvalue weighted by molar-refractivity contribution is 5.71. The fourth-order valence-electron chi connectivity index (χ4n) is 5.82. The molecule has 5 nitrogen and oxygen atoms in total. The zero-order chi connectivity index (χ0) is 20.7. The van der Waals surface area contributed by atoms with Gasteiger partial charge in [-0.2, -0.15) is 0 Å². The molecule has 0 saturated heterocycles. The minimum absolute atomic E-state index is 0.128. The van der Waals surface area contributed by atoms with Crippen molar-refractivity contribution in [3.8, 4) is 18.1 Å². The minimum atomic E-state index is -1.23. The lowest BCUT2D eigenvalue weighted by Crippen LogP contribution is -2.50. The van der Waals surface area contributed by atoms with Gasteiger partial charge in [0, 0.05) is 5.41 Å². The molecule has 28 heavy (non-hydrogen) atoms. The first-order valence-electron chi connectivity index (χ1n) is 10.1. The second-order valence-corrected chi connectivity index (χ2v) is 8.81. The molecule has 0 bridgehead atoms. The maximum atomic E-state index is 10.9. The number of carboxylic acids is 1. The van der Waals surface area contributed by atoms with Crippen LogP contribution >= 0.6 is 0 Å². The van der Waals surface area contributed by atoms with Gasteiger partial charge in [0.1, 0.15) is 17.5 Å². The molecule has 6 atom stereocenters. The largest absolute Gasteiger partial charge is 0.508 e. The van der Waals surface area contributed by atoms with Gasteiger partial charge in [-0.15, -0.1) is 6.42 Å². The summed E-state index contributed by atoms with van der Waals surface area (Å²) in [6.07, 6.45) is 10.5. The summed E-state index contributed by atoms with van der Waals surface area (Å²) in [5.41, 5.74) is 1.69. The number of rotatable bonds is 1. The molecule has 152 valence electrons. The molecule has 0 radical (unpaired) electrons. The van der Waals surface area contributed by atoms with Crippen LogP contribution in [0, 0.1) is 29.6 Å². The molecule has 0 amide bonds. The number of fused-ring (bicyclic) bond motifs is 5. The fourth-order valence-corrected chi connectivity index (χ4v) is 5.82. The second kappa shape index (κ2) is 7.42. The van der Waals surface area contributed by atoms with E-state index in [1.807, 2.05) is 12.1 Å². The molecular formula is C23H30O5. The molecule has 5 heteroatoms. The summed E-state index contributed by atoms with van der Waals surface area (Å²) in [6, 6.07) is 5.87. The highest BCUT2D eigenvalue weighted by atomic mass is 16.4. The van der Waals surface area contributed by atoms with Gasteiger partial charge in [0.05, 0.1) is 0 Å². The number of aliphatic carboxylic acids is 1. The first-order chi connectivity index (χ1) is 13.1. The molecule has 2 fully saturated rings. The van der Waals surface area contributed by atoms with E-state index in [1.54, 1.807) is 0 Å². The van der Waals surface area contributed by atoms with E-state index in [1.165, 1.54) is 18.1 Å². The Morgan fingerprint density at radius 3 is 2.57 bits per heavy atom. The highest BCUT2D eigenvalue weighted by Crippen LogP contribution is 2.64. The van der Waals surface area contributed by atoms with Crippen LogP contribution in [0.25, 0.3) is 0 Å². The van der Waals surface area contributed by atoms with Gasteiger partial charge in [0.25, 0.3) is 0 Å². The molecule has 0 aromatic heterocycles. The molecule has 3 aliphatic rings. The van der Waals surface area contributed by atoms with Crippen molar-refractivity contribution >= 4 is 5.97 Å². The molecular weight excluding hydrogens is 356 g/mol. The van der Waals surface area contributed by atoms with Crippen molar-refractivity contribution in [2.24, 2.45) is 17.3 Å². The third-order valence-electron chi connectivity index (χ3n) is 7.46. The van der Waals surface area contributed by atoms with Crippen LogP contribution in [-0.4, -0.2) is 38.1 Å². The molecule has 4 N–H and O–H groups in total. The van der Waals surface area contributed by atoms with Crippen LogP contribution in [0.3, 0.4) is 0 Å². The number of hydrogen-bond donors (Lipinski definition) is 4. The Labute approximate surface area is 166 Å². The zero-order valence-corrected chi connectivity index (χ0v) is 16.6. The molecule has 0 spiro atoms. The maximum absolute atomic E-state index is 10.9. The van der Waals surface area contributed by atoms with E-state index >= 15 is 0 Å². The fraction of sp³-hybridized carbons (Fsp3) is 0.609. The van der Waals surface area contributed by atoms with Gasteiger partial charge >= 0.3 is 5.97 Å². The summed E-state index contributed by atoms with van der Waals surface area (Å²) < 4.78 is 0. The number of hydrogen-bond acceptors (Lipinski definition) is 4. The van der Waals surface area contributed by atoms with Crippen LogP contribution < -0.4 is 0 Å². The van der Waals surface area contributed by atoms with Crippen LogP contribution in [-0.2, 0) is 11.2 Å². The van der Waals surface area contributed by atoms with Gasteiger partial charge in [-0.25, -0.2) is 4.79 Å². The molecule has 2 saturated carbocycles. The Hall–Kier alpha value is -2.03. The van der Waals surface area contributed by atoms with Crippen molar-refractivity contribution in [1.29, 1.82) is 0 Å². The number of phenols is 1. The monoisotopic (exact) mass is 386 g/mol. The number of terminal acetylenes is 1. The third kappa shape index (κ3) is 3.29. The van der Waals surface area contributed by atoms with Gasteiger partial charge in [-0.1, -0.05) is 18.9 Å². The number of benzene rings is 1. The number of aromatic hydroxyl groups is 1. The van der Waals surface area contributed by atoms with Crippen LogP contribution in [0.1, 0.15) is 63.0 Å². The summed E-state index contributed by atoms with van der Waals surface area (Å²) in [4.78, 5) is 9.45. The number of carboxylic acid groups (broad SMARTS) is 1. The third-order valence-corrected chi connectivity index (χ3v) is 7.46. The SMILES string of the molecule is C#C[C@]1(O)CC[C@H]2[C@@H]3CCc4cc(O)ccc4[C@H]3CC[C@@]21C.CC(O)C(=O)O. The predicted octanol–water partition coefficient (Wildman–Crippen LogP) is 3.06. The quantitative estimate of drug-likeness (QED) is 0.556. The first kappa shape index (κ1) is 20.7. The van der Waals surface area contributed by atoms with E-state index in [-0.39, 0.29) is 5.41 Å². The topological polar surface area (TPSA) is 98.0 Å². The van der Waals surface area contributed by atoms with Crippen molar-refractivity contribution in [3.05, 3.63) is 29.3 Å². The molecule has 3 aliphatic carbocycles. The van der Waals surface area contributed by atoms with Gasteiger partial charge in [0.2, 0.25) is 0 Å². The highest BCUT2D eigenvalue weighted by Gasteiger charge is 2.61. The Bertz CT molecular complexity index is 795. The van der Waals surface area contributed by atoms with E-state index in [0.29, 0.717) is 23.5 Å². The van der Waals surface area contributed by atoms with Gasteiger partial charge in [-0.3, -0.25) is 0 Å². The normalized spacial score (nSPS) is 36.6. The number of phenolic OH excluding ortho intramolecular Hbond substituents is 1. The molecule has 0 heterocycles. The molecule has 4 rings (SSSR count). The van der Waals surface area contributed by atoms with Crippen LogP contribution in [0.15, 0.2) is 18.2 Å². The van der Waals surface area contributed by atoms with E-state index in [2.05, 4.69) is 18.9 Å². The summed E-state index contributed by atoms with van der Waals surface area (Å²) in [5, 5.41) is 36.4. The van der Waals surface area contributed by atoms with Gasteiger partial charge in [0.15, 0.2) is 0 Å². The molecule has 0 aliphatic heterocycles. The number of aryl methyl sites for hydroxylation is 1. The lowest BCUT2D eigenvalue weighted by atomic mass is 9.53. The summed E-state index contributed by atoms with van der Waals surface area (Å²) in [7, 11) is 0. The molecule has 1 aromatic rings. The Morgan fingerprint density at radius 2 is 1.96 bits per heavy atom. The van der Waals surface area contributed by atoms with Crippen molar-refractivity contribution in [2.75, 3.05) is 0 Å². The van der Waals surface area contributed by atoms with E-state index in [0.717, 1.165) is 38.5 Å². The smallest absolute Gasteiger partial charge is 0.332 e. The van der Waals surface area contributed by atoms with Crippen molar-refractivity contribution in [3.63, 3.8) is 0 Å². The predicted molar refractivity (Wildman–Crippen MR) is 106 cm³/mol. The zero-order valence-electron chi connectivity index (χ0n) is 16.6. The van der Waals surface area contributed by atoms with E-state index < -0.39 is 17.7 Å². The summed E-state index contributed by atoms with van der Waals surface area (Å²) in [6.45, 7) is 3.41. The average molecular weight is 386 g/mol. The summed E-state index contributed by atoms with van der Waals surface area (Å²) in [5.74, 6) is 3.63. The van der Waals surface area contributed by atoms with Crippen molar-refractivity contribution < 1.29 is 25.2 Å². The lowest BCUT2D eigenvalue weighted by Gasteiger charge is -2.52. The Balaban J connectivity index is 0.000000330. The van der Waals surface area contributed by atoms with E-state index in [9.17, 15) is 15.0 Å². The van der Waals surface area contributed by atoms with Crippen LogP contribution in [0.5, 0.6) is 5.75 Å². The van der Waals surface area contributed by atoms with Crippen molar-refractivity contribution in [1.82, 2.24) is 0 Å². The van der Waals surface area contributed by atoms with Crippen molar-refractivity contribution in [2.45, 2.75) is 70.0 Å². The Morgan fingerprint density at radius 1 is 1.29 bits per heavy atom. The van der Waals surface area contributed by atoms with Crippen LogP contribution in [0.4, 0.5) is 0 Å². The number of aliphatic hydroxyl groups excluding tert-OH is 1. The lowest BCUT2D eigenvalue weighted by molar-refractivity contribution is -0.145. The van der Waals surface area contributed by atoms with Crippen LogP contribution in [0.2, 0.25) is 0 Å². The van der Waals surface area contributed by atoms with Gasteiger partial charge < -0.3 is 20.4 Å². The number of aliphatic hydroxyl groups is 2. The second-order valence-electron chi connectivity index (χ2n) is 8.81. The Kier molecular flexibility index (Phi) is 5.49. The van der Waals surface area contributed by atoms with E-state index in [4.69, 9.17) is 16.6 Å². The van der Waals surface area contributed by atoms with Gasteiger partial charge in [-0.05, 0) is 86.5 Å². The maximum Gasteiger partial charge on any atom is 0.332 e. The molecule has 1 unspecified atom stereocenters. The average Bonchev–Trinajstić information content (AvgIpc) is 2.93. The minimum Gasteiger partial charge on any atom is -0.508 e. The molecule has 1 aromatic carbocycles. The standard InChI is InChI=1S/C20H24O2.C3H6O3/c1-3-20(22)11-9-18-17-6-4-13-12-14(21)5-7-15(13)16(17)8-10-19(18,20)2;1-2(4)3(5)6/h1,5,7,12,16-18,21-22H,4,6,8-11H2,2H3;2,4H,1H3,(H,5,6)/t16-,17-,18+,19+,20+;/m1./s1.